The van der Waals surface area contributed by atoms with Gasteiger partial charge in [-0.1, -0.05) is 12.1 Å². The molecule has 3 heterocycles. The Hall–Kier alpha value is -2.80. The molecule has 0 saturated heterocycles. The number of hydrogen-bond acceptors (Lipinski definition) is 4. The first-order chi connectivity index (χ1) is 14.4. The standard InChI is InChI=1S/C23H25F2N3O2/c1-13-5-6-16(11-20(13)29-4)23-27-21(19-7-8-30-15(3)12-28(19)23)17-9-14(2)26-18(10-17)22(24)25/h5-6,9-11,15,22H,7-8,12H2,1-4H3/t15-/m1/s1. The highest BCUT2D eigenvalue weighted by atomic mass is 19.3. The number of benzene rings is 1. The normalized spacial score (nSPS) is 16.4. The zero-order chi connectivity index (χ0) is 21.4. The van der Waals surface area contributed by atoms with Crippen LogP contribution in [-0.4, -0.2) is 34.4 Å². The van der Waals surface area contributed by atoms with Gasteiger partial charge in [0.1, 0.15) is 17.3 Å². The fourth-order valence-electron chi connectivity index (χ4n) is 3.96. The van der Waals surface area contributed by atoms with E-state index in [2.05, 4.69) is 9.55 Å². The lowest BCUT2D eigenvalue weighted by Gasteiger charge is -2.14. The molecule has 0 spiro atoms. The van der Waals surface area contributed by atoms with E-state index in [1.165, 1.54) is 6.07 Å². The van der Waals surface area contributed by atoms with E-state index in [0.29, 0.717) is 36.5 Å². The molecule has 0 aliphatic carbocycles. The number of fused-ring (bicyclic) bond motifs is 1. The van der Waals surface area contributed by atoms with Crippen LogP contribution < -0.4 is 4.74 Å². The predicted molar refractivity (Wildman–Crippen MR) is 111 cm³/mol. The van der Waals surface area contributed by atoms with Gasteiger partial charge in [0.05, 0.1) is 32.1 Å². The highest BCUT2D eigenvalue weighted by Gasteiger charge is 2.25. The largest absolute Gasteiger partial charge is 0.496 e. The zero-order valence-electron chi connectivity index (χ0n) is 17.6. The minimum atomic E-state index is -2.63. The van der Waals surface area contributed by atoms with Gasteiger partial charge in [0, 0.05) is 28.9 Å². The molecule has 0 unspecified atom stereocenters. The van der Waals surface area contributed by atoms with E-state index in [1.54, 1.807) is 14.0 Å². The van der Waals surface area contributed by atoms with Crippen LogP contribution in [-0.2, 0) is 17.7 Å². The number of aryl methyl sites for hydroxylation is 2. The smallest absolute Gasteiger partial charge is 0.280 e. The Morgan fingerprint density at radius 3 is 2.67 bits per heavy atom. The summed E-state index contributed by atoms with van der Waals surface area (Å²) in [5.41, 5.74) is 4.60. The molecule has 30 heavy (non-hydrogen) atoms. The number of nitrogens with zero attached hydrogens (tertiary/aromatic N) is 3. The third-order valence-corrected chi connectivity index (χ3v) is 5.39. The van der Waals surface area contributed by atoms with Crippen molar-refractivity contribution in [2.24, 2.45) is 0 Å². The maximum Gasteiger partial charge on any atom is 0.280 e. The van der Waals surface area contributed by atoms with Crippen molar-refractivity contribution in [3.8, 4) is 28.4 Å². The Morgan fingerprint density at radius 1 is 1.13 bits per heavy atom. The lowest BCUT2D eigenvalue weighted by atomic mass is 10.1. The first-order valence-electron chi connectivity index (χ1n) is 10.0. The lowest BCUT2D eigenvalue weighted by Crippen LogP contribution is -2.15. The fourth-order valence-corrected chi connectivity index (χ4v) is 3.96. The van der Waals surface area contributed by atoms with Gasteiger partial charge in [-0.15, -0.1) is 0 Å². The van der Waals surface area contributed by atoms with Crippen LogP contribution in [0.2, 0.25) is 0 Å². The van der Waals surface area contributed by atoms with Gasteiger partial charge in [-0.25, -0.2) is 13.8 Å². The van der Waals surface area contributed by atoms with Gasteiger partial charge >= 0.3 is 0 Å². The maximum atomic E-state index is 13.4. The highest BCUT2D eigenvalue weighted by Crippen LogP contribution is 2.35. The molecule has 3 aromatic rings. The minimum Gasteiger partial charge on any atom is -0.496 e. The summed E-state index contributed by atoms with van der Waals surface area (Å²) in [6, 6.07) is 9.22. The molecule has 0 N–H and O–H groups in total. The Bertz CT molecular complexity index is 1080. The van der Waals surface area contributed by atoms with Crippen LogP contribution in [0, 0.1) is 13.8 Å². The van der Waals surface area contributed by atoms with Gasteiger partial charge in [0.15, 0.2) is 0 Å². The van der Waals surface area contributed by atoms with Crippen LogP contribution in [0.15, 0.2) is 30.3 Å². The molecule has 7 heteroatoms. The summed E-state index contributed by atoms with van der Waals surface area (Å²) >= 11 is 0. The molecule has 1 aliphatic rings. The highest BCUT2D eigenvalue weighted by molar-refractivity contribution is 5.70. The number of ether oxygens (including phenoxy) is 2. The second kappa shape index (κ2) is 8.14. The summed E-state index contributed by atoms with van der Waals surface area (Å²) < 4.78 is 40.2. The van der Waals surface area contributed by atoms with E-state index in [0.717, 1.165) is 28.4 Å². The van der Waals surface area contributed by atoms with Gasteiger partial charge in [0.25, 0.3) is 6.43 Å². The molecule has 1 aliphatic heterocycles. The van der Waals surface area contributed by atoms with Crippen molar-refractivity contribution in [2.45, 2.75) is 46.3 Å². The summed E-state index contributed by atoms with van der Waals surface area (Å²) in [6.45, 7) is 6.93. The van der Waals surface area contributed by atoms with Crippen molar-refractivity contribution in [1.82, 2.24) is 14.5 Å². The fraction of sp³-hybridized carbons (Fsp3) is 0.391. The first kappa shape index (κ1) is 20.5. The van der Waals surface area contributed by atoms with E-state index in [-0.39, 0.29) is 11.8 Å². The molecule has 4 rings (SSSR count). The zero-order valence-corrected chi connectivity index (χ0v) is 17.6. The second-order valence-corrected chi connectivity index (χ2v) is 7.68. The number of pyridine rings is 1. The molecular formula is C23H25F2N3O2. The Labute approximate surface area is 174 Å². The third-order valence-electron chi connectivity index (χ3n) is 5.39. The SMILES string of the molecule is COc1cc(-c2nc(-c3cc(C)nc(C(F)F)c3)c3n2C[C@@H](C)OCC3)ccc1C. The molecule has 0 bridgehead atoms. The first-order valence-corrected chi connectivity index (χ1v) is 10.0. The Morgan fingerprint density at radius 2 is 1.93 bits per heavy atom. The summed E-state index contributed by atoms with van der Waals surface area (Å²) in [5, 5.41) is 0. The quantitative estimate of drug-likeness (QED) is 0.595. The number of hydrogen-bond donors (Lipinski definition) is 0. The van der Waals surface area contributed by atoms with Gasteiger partial charge in [-0.3, -0.25) is 4.98 Å². The van der Waals surface area contributed by atoms with Crippen molar-refractivity contribution in [3.63, 3.8) is 0 Å². The summed E-state index contributed by atoms with van der Waals surface area (Å²) in [7, 11) is 1.64. The molecule has 1 aromatic carbocycles. The van der Waals surface area contributed by atoms with Gasteiger partial charge < -0.3 is 14.0 Å². The molecule has 0 amide bonds. The van der Waals surface area contributed by atoms with E-state index in [1.807, 2.05) is 38.1 Å². The van der Waals surface area contributed by atoms with Crippen LogP contribution in [0.1, 0.15) is 36.0 Å². The molecule has 5 nitrogen and oxygen atoms in total. The van der Waals surface area contributed by atoms with Crippen LogP contribution in [0.4, 0.5) is 8.78 Å². The van der Waals surface area contributed by atoms with Crippen molar-refractivity contribution in [2.75, 3.05) is 13.7 Å². The molecule has 0 saturated carbocycles. The Balaban J connectivity index is 1.93. The average molecular weight is 413 g/mol. The summed E-state index contributed by atoms with van der Waals surface area (Å²) in [5.74, 6) is 1.56. The van der Waals surface area contributed by atoms with Crippen LogP contribution in [0.25, 0.3) is 22.6 Å². The minimum absolute atomic E-state index is 0.0233. The average Bonchev–Trinajstić information content (AvgIpc) is 2.94. The van der Waals surface area contributed by atoms with E-state index in [9.17, 15) is 8.78 Å². The number of methoxy groups -OCH3 is 1. The van der Waals surface area contributed by atoms with E-state index < -0.39 is 6.43 Å². The van der Waals surface area contributed by atoms with E-state index >= 15 is 0 Å². The van der Waals surface area contributed by atoms with Gasteiger partial charge in [0.2, 0.25) is 0 Å². The van der Waals surface area contributed by atoms with Crippen molar-refractivity contribution in [3.05, 3.63) is 53.0 Å². The molecular weight excluding hydrogens is 388 g/mol. The van der Waals surface area contributed by atoms with Crippen LogP contribution >= 0.6 is 0 Å². The number of aromatic nitrogens is 3. The molecule has 0 fully saturated rings. The van der Waals surface area contributed by atoms with Crippen LogP contribution in [0.3, 0.4) is 0 Å². The van der Waals surface area contributed by atoms with Crippen molar-refractivity contribution in [1.29, 1.82) is 0 Å². The molecule has 1 atom stereocenters. The number of alkyl halides is 2. The predicted octanol–water partition coefficient (Wildman–Crippen LogP) is 5.14. The second-order valence-electron chi connectivity index (χ2n) is 7.68. The van der Waals surface area contributed by atoms with Crippen LogP contribution in [0.5, 0.6) is 5.75 Å². The maximum absolute atomic E-state index is 13.4. The lowest BCUT2D eigenvalue weighted by molar-refractivity contribution is 0.0666. The van der Waals surface area contributed by atoms with E-state index in [4.69, 9.17) is 14.5 Å². The molecule has 0 radical (unpaired) electrons. The monoisotopic (exact) mass is 413 g/mol. The third kappa shape index (κ3) is 3.81. The topological polar surface area (TPSA) is 49.2 Å². The number of halogens is 2. The van der Waals surface area contributed by atoms with Gasteiger partial charge in [-0.2, -0.15) is 0 Å². The molecule has 158 valence electrons. The van der Waals surface area contributed by atoms with Crippen molar-refractivity contribution >= 4 is 0 Å². The summed E-state index contributed by atoms with van der Waals surface area (Å²) in [6.07, 6.45) is -1.95. The van der Waals surface area contributed by atoms with Crippen molar-refractivity contribution < 1.29 is 18.3 Å². The van der Waals surface area contributed by atoms with Gasteiger partial charge in [-0.05, 0) is 44.5 Å². The Kier molecular flexibility index (Phi) is 5.56. The number of imidazole rings is 1. The number of rotatable bonds is 4. The summed E-state index contributed by atoms with van der Waals surface area (Å²) in [4.78, 5) is 8.91. The molecule has 2 aromatic heterocycles.